The molecule has 8 heavy (non-hydrogen) atoms. The summed E-state index contributed by atoms with van der Waals surface area (Å²) in [5.74, 6) is 1.19. The first-order chi connectivity index (χ1) is 3.97. The van der Waals surface area contributed by atoms with Gasteiger partial charge in [0.15, 0.2) is 0 Å². The third-order valence-electron chi connectivity index (χ3n) is 1.00. The highest BCUT2D eigenvalue weighted by molar-refractivity contribution is 5.31. The summed E-state index contributed by atoms with van der Waals surface area (Å²) < 4.78 is 14.6. The Hall–Kier alpha value is -1.12. The van der Waals surface area contributed by atoms with Gasteiger partial charge in [0.1, 0.15) is 0 Å². The minimum Gasteiger partial charge on any atom is -0.450 e. The van der Waals surface area contributed by atoms with E-state index in [1.54, 1.807) is 6.07 Å². The minimum absolute atomic E-state index is 0.287. The van der Waals surface area contributed by atoms with Crippen molar-refractivity contribution in [3.05, 3.63) is 12.3 Å². The predicted octanol–water partition coefficient (Wildman–Crippen LogP) is 1.01. The molecule has 1 aliphatic heterocycles. The zero-order valence-electron chi connectivity index (χ0n) is 4.09. The molecular formula is C5H4O3. The topological polar surface area (TPSA) is 31.6 Å². The fourth-order valence-electron chi connectivity index (χ4n) is 0.642. The lowest BCUT2D eigenvalue weighted by Gasteiger charge is -1.85. The molecule has 3 heteroatoms. The van der Waals surface area contributed by atoms with Gasteiger partial charge >= 0.3 is 5.95 Å². The predicted molar refractivity (Wildman–Crippen MR) is 24.8 cm³/mol. The van der Waals surface area contributed by atoms with Crippen molar-refractivity contribution in [2.75, 3.05) is 6.79 Å². The van der Waals surface area contributed by atoms with Gasteiger partial charge < -0.3 is 13.9 Å². The van der Waals surface area contributed by atoms with Gasteiger partial charge in [-0.15, -0.1) is 0 Å². The molecule has 0 amide bonds. The quantitative estimate of drug-likeness (QED) is 0.502. The molecule has 0 bridgehead atoms. The Kier molecular flexibility index (Phi) is 0.566. The molecule has 42 valence electrons. The summed E-state index contributed by atoms with van der Waals surface area (Å²) in [6.45, 7) is 0.287. The summed E-state index contributed by atoms with van der Waals surface area (Å²) in [5, 5.41) is 0. The lowest BCUT2D eigenvalue weighted by Crippen LogP contribution is -1.93. The van der Waals surface area contributed by atoms with Crippen LogP contribution in [0.1, 0.15) is 0 Å². The highest BCUT2D eigenvalue weighted by Crippen LogP contribution is 2.31. The fraction of sp³-hybridized carbons (Fsp3) is 0.200. The number of rotatable bonds is 0. The van der Waals surface area contributed by atoms with Gasteiger partial charge in [-0.25, -0.2) is 0 Å². The summed E-state index contributed by atoms with van der Waals surface area (Å²) >= 11 is 0. The van der Waals surface area contributed by atoms with Crippen LogP contribution in [0.2, 0.25) is 0 Å². The summed E-state index contributed by atoms with van der Waals surface area (Å²) in [7, 11) is 0. The molecule has 0 fully saturated rings. The Morgan fingerprint density at radius 2 is 2.38 bits per heavy atom. The molecule has 0 aromatic carbocycles. The number of ether oxygens (including phenoxy) is 2. The molecule has 0 spiro atoms. The van der Waals surface area contributed by atoms with Gasteiger partial charge in [0.2, 0.25) is 12.5 Å². The van der Waals surface area contributed by atoms with Crippen LogP contribution in [0, 0.1) is 0 Å². The third kappa shape index (κ3) is 0.332. The van der Waals surface area contributed by atoms with Gasteiger partial charge in [0.25, 0.3) is 0 Å². The lowest BCUT2D eigenvalue weighted by atomic mass is 10.6. The second kappa shape index (κ2) is 1.18. The number of hydrogen-bond donors (Lipinski definition) is 0. The fourth-order valence-corrected chi connectivity index (χ4v) is 0.642. The molecule has 3 nitrogen and oxygen atoms in total. The Morgan fingerprint density at radius 3 is 3.25 bits per heavy atom. The second-order valence-electron chi connectivity index (χ2n) is 1.48. The molecule has 0 aliphatic carbocycles. The number of furan rings is 1. The van der Waals surface area contributed by atoms with Gasteiger partial charge in [-0.05, 0) is 0 Å². The molecule has 0 unspecified atom stereocenters. The van der Waals surface area contributed by atoms with Crippen LogP contribution in [-0.2, 0) is 0 Å². The van der Waals surface area contributed by atoms with Crippen molar-refractivity contribution in [2.45, 2.75) is 0 Å². The highest BCUT2D eigenvalue weighted by Gasteiger charge is 2.14. The largest absolute Gasteiger partial charge is 0.450 e. The standard InChI is InChI=1S/C5H4O3/c1-2-6-5-4(1)7-3-8-5/h1-2H,3H2. The van der Waals surface area contributed by atoms with Crippen LogP contribution in [0.25, 0.3) is 0 Å². The summed E-state index contributed by atoms with van der Waals surface area (Å²) in [6.07, 6.45) is 1.53. The van der Waals surface area contributed by atoms with E-state index in [4.69, 9.17) is 13.9 Å². The van der Waals surface area contributed by atoms with Crippen molar-refractivity contribution >= 4 is 0 Å². The first-order valence-corrected chi connectivity index (χ1v) is 2.30. The molecular weight excluding hydrogens is 108 g/mol. The maximum absolute atomic E-state index is 4.92. The van der Waals surface area contributed by atoms with Crippen LogP contribution < -0.4 is 9.47 Å². The van der Waals surface area contributed by atoms with Gasteiger partial charge in [0.05, 0.1) is 6.26 Å². The van der Waals surface area contributed by atoms with Gasteiger partial charge in [0, 0.05) is 6.07 Å². The van der Waals surface area contributed by atoms with Crippen LogP contribution in [0.5, 0.6) is 11.7 Å². The zero-order chi connectivity index (χ0) is 5.40. The van der Waals surface area contributed by atoms with Crippen LogP contribution in [0.15, 0.2) is 16.7 Å². The number of fused-ring (bicyclic) bond motifs is 1. The Morgan fingerprint density at radius 1 is 1.38 bits per heavy atom. The van der Waals surface area contributed by atoms with Gasteiger partial charge in [-0.2, -0.15) is 0 Å². The van der Waals surface area contributed by atoms with E-state index in [2.05, 4.69) is 0 Å². The van der Waals surface area contributed by atoms with Gasteiger partial charge in [-0.3, -0.25) is 0 Å². The van der Waals surface area contributed by atoms with E-state index in [0.29, 0.717) is 11.7 Å². The molecule has 2 heterocycles. The van der Waals surface area contributed by atoms with E-state index < -0.39 is 0 Å². The van der Waals surface area contributed by atoms with E-state index in [0.717, 1.165) is 0 Å². The molecule has 0 saturated carbocycles. The average Bonchev–Trinajstić information content (AvgIpc) is 2.15. The zero-order valence-corrected chi connectivity index (χ0v) is 4.09. The van der Waals surface area contributed by atoms with Crippen LogP contribution in [0.3, 0.4) is 0 Å². The summed E-state index contributed by atoms with van der Waals surface area (Å²) in [5.41, 5.74) is 0. The van der Waals surface area contributed by atoms with Crippen LogP contribution >= 0.6 is 0 Å². The minimum atomic E-state index is 0.287. The van der Waals surface area contributed by atoms with E-state index in [1.165, 1.54) is 6.26 Å². The smallest absolute Gasteiger partial charge is 0.331 e. The molecule has 1 aromatic heterocycles. The molecule has 0 saturated heterocycles. The number of hydrogen-bond acceptors (Lipinski definition) is 3. The molecule has 0 atom stereocenters. The maximum atomic E-state index is 4.92. The normalized spacial score (nSPS) is 14.5. The van der Waals surface area contributed by atoms with Crippen LogP contribution in [0.4, 0.5) is 0 Å². The van der Waals surface area contributed by atoms with Crippen molar-refractivity contribution in [2.24, 2.45) is 0 Å². The molecule has 0 N–H and O–H groups in total. The second-order valence-corrected chi connectivity index (χ2v) is 1.48. The van der Waals surface area contributed by atoms with Crippen molar-refractivity contribution < 1.29 is 13.9 Å². The van der Waals surface area contributed by atoms with Crippen molar-refractivity contribution in [1.29, 1.82) is 0 Å². The lowest BCUT2D eigenvalue weighted by molar-refractivity contribution is 0.150. The summed E-state index contributed by atoms with van der Waals surface area (Å²) in [4.78, 5) is 0. The van der Waals surface area contributed by atoms with E-state index >= 15 is 0 Å². The van der Waals surface area contributed by atoms with Crippen molar-refractivity contribution in [3.63, 3.8) is 0 Å². The third-order valence-corrected chi connectivity index (χ3v) is 1.00. The first kappa shape index (κ1) is 3.83. The monoisotopic (exact) mass is 112 g/mol. The Labute approximate surface area is 45.8 Å². The van der Waals surface area contributed by atoms with Crippen LogP contribution in [-0.4, -0.2) is 6.79 Å². The van der Waals surface area contributed by atoms with E-state index in [9.17, 15) is 0 Å². The Bertz CT molecular complexity index is 173. The molecule has 1 aliphatic rings. The first-order valence-electron chi connectivity index (χ1n) is 2.30. The van der Waals surface area contributed by atoms with Crippen molar-refractivity contribution in [3.8, 4) is 11.7 Å². The van der Waals surface area contributed by atoms with E-state index in [-0.39, 0.29) is 6.79 Å². The average molecular weight is 112 g/mol. The molecule has 2 rings (SSSR count). The highest BCUT2D eigenvalue weighted by atomic mass is 16.7. The van der Waals surface area contributed by atoms with E-state index in [1.807, 2.05) is 0 Å². The van der Waals surface area contributed by atoms with Gasteiger partial charge in [-0.1, -0.05) is 0 Å². The SMILES string of the molecule is c1cc2c(o1)OCO2. The maximum Gasteiger partial charge on any atom is 0.331 e. The summed E-state index contributed by atoms with van der Waals surface area (Å²) in [6, 6.07) is 1.72. The molecule has 1 aromatic rings. The molecule has 0 radical (unpaired) electrons. The van der Waals surface area contributed by atoms with Crippen molar-refractivity contribution in [1.82, 2.24) is 0 Å². The Balaban J connectivity index is 2.54.